The molecule has 3 nitrogen and oxygen atoms in total. The molecular weight excluding hydrogens is 320 g/mol. The van der Waals surface area contributed by atoms with Gasteiger partial charge in [0.2, 0.25) is 5.91 Å². The number of nitrogens with one attached hydrogen (secondary N) is 1. The van der Waals surface area contributed by atoms with Crippen LogP contribution >= 0.6 is 0 Å². The maximum absolute atomic E-state index is 12.6. The monoisotopic (exact) mass is 340 g/mol. The van der Waals surface area contributed by atoms with Gasteiger partial charge < -0.3 is 9.88 Å². The van der Waals surface area contributed by atoms with Crippen LogP contribution in [0.25, 0.3) is 21.7 Å². The predicted molar refractivity (Wildman–Crippen MR) is 105 cm³/mol. The third-order valence-electron chi connectivity index (χ3n) is 5.48. The summed E-state index contributed by atoms with van der Waals surface area (Å²) < 4.78 is 0. The minimum atomic E-state index is 0.144. The van der Waals surface area contributed by atoms with Gasteiger partial charge in [0.15, 0.2) is 0 Å². The van der Waals surface area contributed by atoms with Crippen LogP contribution in [0.15, 0.2) is 72.9 Å². The third kappa shape index (κ3) is 2.48. The lowest BCUT2D eigenvalue weighted by Crippen LogP contribution is -2.27. The number of aromatic nitrogens is 1. The van der Waals surface area contributed by atoms with Gasteiger partial charge in [-0.15, -0.1) is 0 Å². The summed E-state index contributed by atoms with van der Waals surface area (Å²) in [7, 11) is 0. The van der Waals surface area contributed by atoms with Crippen LogP contribution in [0.1, 0.15) is 30.0 Å². The van der Waals surface area contributed by atoms with E-state index >= 15 is 0 Å². The zero-order valence-corrected chi connectivity index (χ0v) is 14.5. The van der Waals surface area contributed by atoms with E-state index < -0.39 is 0 Å². The molecule has 1 N–H and O–H groups in total. The molecule has 0 saturated carbocycles. The minimum absolute atomic E-state index is 0.144. The summed E-state index contributed by atoms with van der Waals surface area (Å²) in [5.74, 6) is 0.244. The number of aromatic amines is 1. The van der Waals surface area contributed by atoms with Crippen LogP contribution in [-0.4, -0.2) is 15.8 Å². The van der Waals surface area contributed by atoms with E-state index in [4.69, 9.17) is 0 Å². The van der Waals surface area contributed by atoms with Gasteiger partial charge in [-0.2, -0.15) is 0 Å². The van der Waals surface area contributed by atoms with Crippen molar-refractivity contribution in [2.24, 2.45) is 0 Å². The number of fused-ring (bicyclic) bond motifs is 2. The number of amides is 1. The van der Waals surface area contributed by atoms with Crippen LogP contribution < -0.4 is 0 Å². The van der Waals surface area contributed by atoms with Crippen LogP contribution in [0.4, 0.5) is 0 Å². The van der Waals surface area contributed by atoms with Gasteiger partial charge in [-0.05, 0) is 40.5 Å². The second kappa shape index (κ2) is 6.03. The largest absolute Gasteiger partial charge is 0.361 e. The molecule has 1 fully saturated rings. The fourth-order valence-electron chi connectivity index (χ4n) is 4.16. The van der Waals surface area contributed by atoms with Crippen molar-refractivity contribution in [3.63, 3.8) is 0 Å². The van der Waals surface area contributed by atoms with Crippen LogP contribution in [0.2, 0.25) is 0 Å². The molecule has 1 aliphatic rings. The number of likely N-dealkylation sites (tertiary alicyclic amines) is 1. The second-order valence-electron chi connectivity index (χ2n) is 7.05. The molecular formula is C23H20N2O. The minimum Gasteiger partial charge on any atom is -0.361 e. The van der Waals surface area contributed by atoms with Gasteiger partial charge in [0.05, 0.1) is 6.04 Å². The van der Waals surface area contributed by atoms with E-state index in [-0.39, 0.29) is 11.9 Å². The zero-order valence-electron chi connectivity index (χ0n) is 14.5. The molecule has 1 aromatic heterocycles. The number of hydrogen-bond acceptors (Lipinski definition) is 1. The van der Waals surface area contributed by atoms with Crippen molar-refractivity contribution in [2.45, 2.75) is 25.4 Å². The summed E-state index contributed by atoms with van der Waals surface area (Å²) in [4.78, 5) is 18.0. The molecule has 1 aliphatic heterocycles. The normalized spacial score (nSPS) is 17.5. The molecule has 0 spiro atoms. The van der Waals surface area contributed by atoms with Gasteiger partial charge in [-0.1, -0.05) is 54.6 Å². The SMILES string of the molecule is O=C1CCC(c2c[nH]c3ccccc23)N1Cc1ccc2ccccc2c1. The molecule has 1 amide bonds. The first-order chi connectivity index (χ1) is 12.8. The van der Waals surface area contributed by atoms with Crippen molar-refractivity contribution in [2.75, 3.05) is 0 Å². The lowest BCUT2D eigenvalue weighted by molar-refractivity contribution is -0.129. The number of hydrogen-bond donors (Lipinski definition) is 1. The topological polar surface area (TPSA) is 36.1 Å². The molecule has 128 valence electrons. The van der Waals surface area contributed by atoms with Gasteiger partial charge in [-0.3, -0.25) is 4.79 Å². The van der Waals surface area contributed by atoms with Gasteiger partial charge in [-0.25, -0.2) is 0 Å². The lowest BCUT2D eigenvalue weighted by atomic mass is 10.0. The van der Waals surface area contributed by atoms with Gasteiger partial charge >= 0.3 is 0 Å². The summed E-state index contributed by atoms with van der Waals surface area (Å²) in [6.07, 6.45) is 3.58. The van der Waals surface area contributed by atoms with Gasteiger partial charge in [0, 0.05) is 30.1 Å². The number of rotatable bonds is 3. The third-order valence-corrected chi connectivity index (χ3v) is 5.48. The summed E-state index contributed by atoms with van der Waals surface area (Å²) >= 11 is 0. The Kier molecular flexibility index (Phi) is 3.52. The van der Waals surface area contributed by atoms with E-state index in [9.17, 15) is 4.79 Å². The molecule has 26 heavy (non-hydrogen) atoms. The molecule has 0 aliphatic carbocycles. The van der Waals surface area contributed by atoms with E-state index in [1.807, 2.05) is 11.0 Å². The summed E-state index contributed by atoms with van der Waals surface area (Å²) in [6, 6.07) is 23.3. The predicted octanol–water partition coefficient (Wildman–Crippen LogP) is 5.18. The molecule has 4 aromatic rings. The molecule has 2 heterocycles. The highest BCUT2D eigenvalue weighted by Crippen LogP contribution is 2.37. The Morgan fingerprint density at radius 2 is 1.77 bits per heavy atom. The number of nitrogens with zero attached hydrogens (tertiary/aromatic N) is 1. The van der Waals surface area contributed by atoms with Crippen LogP contribution in [0.3, 0.4) is 0 Å². The fraction of sp³-hybridized carbons (Fsp3) is 0.174. The summed E-state index contributed by atoms with van der Waals surface area (Å²) in [6.45, 7) is 0.661. The Hall–Kier alpha value is -3.07. The van der Waals surface area contributed by atoms with Crippen molar-refractivity contribution in [3.8, 4) is 0 Å². The number of carbonyl (C=O) groups excluding carboxylic acids is 1. The average molecular weight is 340 g/mol. The highest BCUT2D eigenvalue weighted by molar-refractivity contribution is 5.86. The molecule has 0 bridgehead atoms. The van der Waals surface area contributed by atoms with Crippen LogP contribution in [0.5, 0.6) is 0 Å². The van der Waals surface area contributed by atoms with Crippen molar-refractivity contribution in [1.29, 1.82) is 0 Å². The fourth-order valence-corrected chi connectivity index (χ4v) is 4.16. The van der Waals surface area contributed by atoms with Crippen molar-refractivity contribution >= 4 is 27.6 Å². The number of carbonyl (C=O) groups is 1. The Morgan fingerprint density at radius 3 is 2.69 bits per heavy atom. The molecule has 3 heteroatoms. The first-order valence-corrected chi connectivity index (χ1v) is 9.13. The number of benzene rings is 3. The summed E-state index contributed by atoms with van der Waals surface area (Å²) in [5, 5.41) is 3.67. The Morgan fingerprint density at radius 1 is 0.962 bits per heavy atom. The van der Waals surface area contributed by atoms with Crippen molar-refractivity contribution in [3.05, 3.63) is 84.1 Å². The van der Waals surface area contributed by atoms with E-state index in [1.54, 1.807) is 0 Å². The first kappa shape index (κ1) is 15.2. The molecule has 1 saturated heterocycles. The smallest absolute Gasteiger partial charge is 0.223 e. The number of para-hydroxylation sites is 1. The maximum atomic E-state index is 12.6. The molecule has 1 atom stereocenters. The summed E-state index contributed by atoms with van der Waals surface area (Å²) in [5.41, 5.74) is 3.54. The maximum Gasteiger partial charge on any atom is 0.223 e. The molecule has 0 radical (unpaired) electrons. The van der Waals surface area contributed by atoms with E-state index in [0.717, 1.165) is 11.9 Å². The molecule has 5 rings (SSSR count). The van der Waals surface area contributed by atoms with Crippen molar-refractivity contribution in [1.82, 2.24) is 9.88 Å². The lowest BCUT2D eigenvalue weighted by Gasteiger charge is -2.25. The van der Waals surface area contributed by atoms with Crippen LogP contribution in [-0.2, 0) is 11.3 Å². The van der Waals surface area contributed by atoms with Gasteiger partial charge in [0.25, 0.3) is 0 Å². The Labute approximate surface area is 152 Å². The highest BCUT2D eigenvalue weighted by Gasteiger charge is 2.33. The number of H-pyrrole nitrogens is 1. The zero-order chi connectivity index (χ0) is 17.5. The quantitative estimate of drug-likeness (QED) is 0.548. The van der Waals surface area contributed by atoms with Gasteiger partial charge in [0.1, 0.15) is 0 Å². The first-order valence-electron chi connectivity index (χ1n) is 9.13. The van der Waals surface area contributed by atoms with E-state index in [0.29, 0.717) is 13.0 Å². The van der Waals surface area contributed by atoms with E-state index in [2.05, 4.69) is 71.8 Å². The van der Waals surface area contributed by atoms with Crippen LogP contribution in [0, 0.1) is 0 Å². The average Bonchev–Trinajstić information content (AvgIpc) is 3.26. The molecule has 3 aromatic carbocycles. The molecule has 1 unspecified atom stereocenters. The highest BCUT2D eigenvalue weighted by atomic mass is 16.2. The second-order valence-corrected chi connectivity index (χ2v) is 7.05. The Bertz CT molecular complexity index is 1110. The van der Waals surface area contributed by atoms with Crippen molar-refractivity contribution < 1.29 is 4.79 Å². The Balaban J connectivity index is 1.50. The van der Waals surface area contributed by atoms with E-state index in [1.165, 1.54) is 27.3 Å². The standard InChI is InChI=1S/C23H20N2O/c26-23-12-11-22(20-14-24-21-8-4-3-7-19(20)21)25(23)15-16-9-10-17-5-1-2-6-18(17)13-16/h1-10,13-14,22,24H,11-12,15H2.